The van der Waals surface area contributed by atoms with Gasteiger partial charge in [0.05, 0.1) is 21.2 Å². The minimum atomic E-state index is -4.74. The van der Waals surface area contributed by atoms with Gasteiger partial charge in [0.15, 0.2) is 0 Å². The lowest BCUT2D eigenvalue weighted by Crippen LogP contribution is -2.38. The van der Waals surface area contributed by atoms with Crippen molar-refractivity contribution in [3.63, 3.8) is 0 Å². The van der Waals surface area contributed by atoms with Crippen LogP contribution in [0.3, 0.4) is 0 Å². The minimum Gasteiger partial charge on any atom is -0.372 e. The van der Waals surface area contributed by atoms with E-state index in [2.05, 4.69) is 10.2 Å². The lowest BCUT2D eigenvalue weighted by atomic mass is 10.1. The van der Waals surface area contributed by atoms with Crippen molar-refractivity contribution in [2.45, 2.75) is 30.3 Å². The average Bonchev–Trinajstić information content (AvgIpc) is 2.88. The first-order chi connectivity index (χ1) is 17.6. The molecular formula is C26H25ClF3N3O3S. The first-order valence-electron chi connectivity index (χ1n) is 11.6. The normalized spacial score (nSPS) is 14.3. The fourth-order valence-corrected chi connectivity index (χ4v) is 5.86. The van der Waals surface area contributed by atoms with Gasteiger partial charge in [0.2, 0.25) is 5.91 Å². The van der Waals surface area contributed by atoms with Gasteiger partial charge in [-0.3, -0.25) is 9.10 Å². The topological polar surface area (TPSA) is 69.7 Å². The summed E-state index contributed by atoms with van der Waals surface area (Å²) in [7, 11) is -4.43. The molecule has 4 rings (SSSR count). The molecule has 196 valence electrons. The van der Waals surface area contributed by atoms with E-state index in [-0.39, 0.29) is 9.92 Å². The van der Waals surface area contributed by atoms with Crippen molar-refractivity contribution < 1.29 is 26.4 Å². The van der Waals surface area contributed by atoms with Crippen molar-refractivity contribution >= 4 is 44.6 Å². The van der Waals surface area contributed by atoms with Crippen LogP contribution in [0.5, 0.6) is 0 Å². The number of sulfonamides is 1. The number of amides is 1. The van der Waals surface area contributed by atoms with Crippen LogP contribution < -0.4 is 14.5 Å². The van der Waals surface area contributed by atoms with E-state index < -0.39 is 39.9 Å². The average molecular weight is 552 g/mol. The molecule has 37 heavy (non-hydrogen) atoms. The quantitative estimate of drug-likeness (QED) is 0.380. The minimum absolute atomic E-state index is 0.192. The zero-order valence-corrected chi connectivity index (χ0v) is 21.3. The van der Waals surface area contributed by atoms with Gasteiger partial charge in [-0.15, -0.1) is 0 Å². The van der Waals surface area contributed by atoms with E-state index in [1.165, 1.54) is 30.7 Å². The molecule has 1 aliphatic rings. The fraction of sp³-hybridized carbons (Fsp3) is 0.269. The van der Waals surface area contributed by atoms with E-state index in [4.69, 9.17) is 11.6 Å². The monoisotopic (exact) mass is 551 g/mol. The summed E-state index contributed by atoms with van der Waals surface area (Å²) < 4.78 is 67.7. The summed E-state index contributed by atoms with van der Waals surface area (Å²) in [6.45, 7) is 1.12. The third kappa shape index (κ3) is 6.37. The molecule has 0 atom stereocenters. The van der Waals surface area contributed by atoms with Gasteiger partial charge in [0, 0.05) is 24.5 Å². The SMILES string of the molecule is O=C(CN(c1cc(C(F)(F)F)ccc1Cl)S(=O)(=O)c1ccccc1)Nc1ccc(N2CCCCC2)cc1. The molecule has 3 aromatic rings. The first-order valence-corrected chi connectivity index (χ1v) is 13.5. The Kier molecular flexibility index (Phi) is 7.99. The van der Waals surface area contributed by atoms with Crippen molar-refractivity contribution in [2.24, 2.45) is 0 Å². The molecule has 0 radical (unpaired) electrons. The molecule has 1 N–H and O–H groups in total. The molecule has 1 amide bonds. The summed E-state index contributed by atoms with van der Waals surface area (Å²) in [6, 6.07) is 16.6. The smallest absolute Gasteiger partial charge is 0.372 e. The maximum atomic E-state index is 13.5. The number of halogens is 4. The molecule has 0 spiro atoms. The number of anilines is 3. The van der Waals surface area contributed by atoms with Gasteiger partial charge in [-0.2, -0.15) is 13.2 Å². The Hall–Kier alpha value is -3.24. The highest BCUT2D eigenvalue weighted by atomic mass is 35.5. The number of piperidine rings is 1. The number of rotatable bonds is 7. The highest BCUT2D eigenvalue weighted by Crippen LogP contribution is 2.37. The molecule has 0 aromatic heterocycles. The maximum absolute atomic E-state index is 13.5. The molecule has 0 aliphatic carbocycles. The zero-order valence-electron chi connectivity index (χ0n) is 19.7. The van der Waals surface area contributed by atoms with E-state index in [1.54, 1.807) is 18.2 Å². The second-order valence-corrected chi connectivity index (χ2v) is 10.9. The second kappa shape index (κ2) is 11.0. The number of nitrogens with zero attached hydrogens (tertiary/aromatic N) is 2. The molecule has 0 saturated carbocycles. The van der Waals surface area contributed by atoms with Crippen LogP contribution >= 0.6 is 11.6 Å². The summed E-state index contributed by atoms with van der Waals surface area (Å²) in [5, 5.41) is 2.39. The van der Waals surface area contributed by atoms with E-state index >= 15 is 0 Å². The molecular weight excluding hydrogens is 527 g/mol. The lowest BCUT2D eigenvalue weighted by molar-refractivity contribution is -0.137. The van der Waals surface area contributed by atoms with Crippen LogP contribution in [-0.2, 0) is 21.0 Å². The lowest BCUT2D eigenvalue weighted by Gasteiger charge is -2.29. The number of hydrogen-bond donors (Lipinski definition) is 1. The van der Waals surface area contributed by atoms with Crippen LogP contribution in [-0.4, -0.2) is 34.0 Å². The van der Waals surface area contributed by atoms with Crippen molar-refractivity contribution in [3.05, 3.63) is 83.4 Å². The van der Waals surface area contributed by atoms with Gasteiger partial charge >= 0.3 is 6.18 Å². The van der Waals surface area contributed by atoms with Crippen LogP contribution in [0.2, 0.25) is 5.02 Å². The number of alkyl halides is 3. The van der Waals surface area contributed by atoms with Crippen LogP contribution in [0.1, 0.15) is 24.8 Å². The van der Waals surface area contributed by atoms with E-state index in [0.717, 1.165) is 43.8 Å². The van der Waals surface area contributed by atoms with Gasteiger partial charge < -0.3 is 10.2 Å². The Balaban J connectivity index is 1.62. The number of benzene rings is 3. The Morgan fingerprint density at radius 3 is 2.22 bits per heavy atom. The summed E-state index contributed by atoms with van der Waals surface area (Å²) in [6.07, 6.45) is -1.31. The maximum Gasteiger partial charge on any atom is 0.416 e. The van der Waals surface area contributed by atoms with Gasteiger partial charge in [-0.05, 0) is 73.9 Å². The Bertz CT molecular complexity index is 1340. The first kappa shape index (κ1) is 26.8. The van der Waals surface area contributed by atoms with Gasteiger partial charge in [-0.25, -0.2) is 8.42 Å². The standard InChI is InChI=1S/C26H25ClF3N3O3S/c27-23-14-9-19(26(28,29)30)17-24(23)33(37(35,36)22-7-3-1-4-8-22)18-25(34)31-20-10-12-21(13-11-20)32-15-5-2-6-16-32/h1,3-4,7-14,17H,2,5-6,15-16,18H2,(H,31,34). The molecule has 3 aromatic carbocycles. The summed E-state index contributed by atoms with van der Waals surface area (Å²) in [4.78, 5) is 15.0. The van der Waals surface area contributed by atoms with Gasteiger partial charge in [-0.1, -0.05) is 29.8 Å². The molecule has 1 aliphatic heterocycles. The number of carbonyl (C=O) groups excluding carboxylic acids is 1. The molecule has 0 bridgehead atoms. The van der Waals surface area contributed by atoms with Crippen LogP contribution in [0.25, 0.3) is 0 Å². The number of nitrogens with one attached hydrogen (secondary N) is 1. The Morgan fingerprint density at radius 2 is 1.59 bits per heavy atom. The molecule has 0 unspecified atom stereocenters. The van der Waals surface area contributed by atoms with E-state index in [1.807, 2.05) is 12.1 Å². The molecule has 1 fully saturated rings. The van der Waals surface area contributed by atoms with Gasteiger partial charge in [0.1, 0.15) is 6.54 Å². The van der Waals surface area contributed by atoms with E-state index in [0.29, 0.717) is 16.1 Å². The highest BCUT2D eigenvalue weighted by Gasteiger charge is 2.34. The summed E-state index contributed by atoms with van der Waals surface area (Å²) >= 11 is 6.16. The fourth-order valence-electron chi connectivity index (χ4n) is 4.14. The zero-order chi connectivity index (χ0) is 26.6. The van der Waals surface area contributed by atoms with Crippen molar-refractivity contribution in [2.75, 3.05) is 34.2 Å². The molecule has 11 heteroatoms. The number of hydrogen-bond acceptors (Lipinski definition) is 4. The highest BCUT2D eigenvalue weighted by molar-refractivity contribution is 7.92. The molecule has 6 nitrogen and oxygen atoms in total. The summed E-state index contributed by atoms with van der Waals surface area (Å²) in [5.74, 6) is -0.737. The second-order valence-electron chi connectivity index (χ2n) is 8.63. The third-order valence-corrected chi connectivity index (χ3v) is 8.13. The van der Waals surface area contributed by atoms with Crippen LogP contribution in [0.4, 0.5) is 30.2 Å². The van der Waals surface area contributed by atoms with Crippen LogP contribution in [0.15, 0.2) is 77.7 Å². The van der Waals surface area contributed by atoms with Crippen LogP contribution in [0, 0.1) is 0 Å². The summed E-state index contributed by atoms with van der Waals surface area (Å²) in [5.41, 5.74) is -0.0931. The number of carbonyl (C=O) groups is 1. The van der Waals surface area contributed by atoms with Crippen molar-refractivity contribution in [3.8, 4) is 0 Å². The largest absolute Gasteiger partial charge is 0.416 e. The van der Waals surface area contributed by atoms with Gasteiger partial charge in [0.25, 0.3) is 10.0 Å². The molecule has 1 heterocycles. The predicted octanol–water partition coefficient (Wildman–Crippen LogP) is 6.18. The predicted molar refractivity (Wildman–Crippen MR) is 139 cm³/mol. The Labute approximate surface area is 218 Å². The molecule has 1 saturated heterocycles. The van der Waals surface area contributed by atoms with Crippen molar-refractivity contribution in [1.82, 2.24) is 0 Å². The Morgan fingerprint density at radius 1 is 0.946 bits per heavy atom. The van der Waals surface area contributed by atoms with E-state index in [9.17, 15) is 26.4 Å². The van der Waals surface area contributed by atoms with Crippen molar-refractivity contribution in [1.29, 1.82) is 0 Å². The third-order valence-electron chi connectivity index (χ3n) is 6.03.